The monoisotopic (exact) mass is 172 g/mol. The van der Waals surface area contributed by atoms with Crippen LogP contribution in [0, 0.1) is 0 Å². The Hall–Kier alpha value is -0.120. The van der Waals surface area contributed by atoms with Crippen LogP contribution < -0.4 is 5.32 Å². The van der Waals surface area contributed by atoms with E-state index in [9.17, 15) is 0 Å². The maximum absolute atomic E-state index is 5.42. The molecule has 1 aliphatic carbocycles. The van der Waals surface area contributed by atoms with E-state index in [1.54, 1.807) is 0 Å². The van der Waals surface area contributed by atoms with Crippen LogP contribution in [0.3, 0.4) is 0 Å². The highest BCUT2D eigenvalue weighted by atomic mass is 16.5. The van der Waals surface area contributed by atoms with Crippen LogP contribution in [-0.4, -0.2) is 51.3 Å². The minimum absolute atomic E-state index is 0.828. The summed E-state index contributed by atoms with van der Waals surface area (Å²) in [6, 6.07) is 0.859. The van der Waals surface area contributed by atoms with Gasteiger partial charge in [-0.3, -0.25) is 0 Å². The Balaban J connectivity index is 1.81. The minimum Gasteiger partial charge on any atom is -0.379 e. The summed E-state index contributed by atoms with van der Waals surface area (Å²) >= 11 is 0. The zero-order valence-corrected chi connectivity index (χ0v) is 8.18. The Kier molecular flexibility index (Phi) is 4.58. The normalized spacial score (nSPS) is 17.2. The Morgan fingerprint density at radius 3 is 2.75 bits per heavy atom. The zero-order chi connectivity index (χ0) is 8.81. The van der Waals surface area contributed by atoms with E-state index < -0.39 is 0 Å². The fourth-order valence-electron chi connectivity index (χ4n) is 1.18. The topological polar surface area (TPSA) is 24.5 Å². The van der Waals surface area contributed by atoms with Gasteiger partial charge in [0, 0.05) is 19.1 Å². The summed E-state index contributed by atoms with van der Waals surface area (Å²) in [5, 5.41) is 3.05. The first kappa shape index (κ1) is 9.96. The maximum Gasteiger partial charge on any atom is 0.0594 e. The number of likely N-dealkylation sites (N-methyl/N-ethyl adjacent to an activating group) is 2. The van der Waals surface area contributed by atoms with Crippen molar-refractivity contribution in [1.82, 2.24) is 10.2 Å². The van der Waals surface area contributed by atoms with Gasteiger partial charge in [0.15, 0.2) is 0 Å². The van der Waals surface area contributed by atoms with E-state index in [0.29, 0.717) is 0 Å². The molecular weight excluding hydrogens is 152 g/mol. The van der Waals surface area contributed by atoms with E-state index >= 15 is 0 Å². The summed E-state index contributed by atoms with van der Waals surface area (Å²) in [5.74, 6) is 0. The van der Waals surface area contributed by atoms with Crippen molar-refractivity contribution in [2.45, 2.75) is 18.9 Å². The van der Waals surface area contributed by atoms with Crippen LogP contribution in [0.2, 0.25) is 0 Å². The molecule has 0 atom stereocenters. The van der Waals surface area contributed by atoms with Crippen LogP contribution in [0.4, 0.5) is 0 Å². The van der Waals surface area contributed by atoms with Crippen molar-refractivity contribution in [3.63, 3.8) is 0 Å². The molecule has 0 amide bonds. The SMILES string of the molecule is CNCCOCCN(C)C1CC1. The Morgan fingerprint density at radius 2 is 2.17 bits per heavy atom. The number of nitrogens with zero attached hydrogens (tertiary/aromatic N) is 1. The first-order chi connectivity index (χ1) is 5.84. The lowest BCUT2D eigenvalue weighted by atomic mass is 10.5. The number of hydrogen-bond acceptors (Lipinski definition) is 3. The second kappa shape index (κ2) is 5.51. The molecule has 3 nitrogen and oxygen atoms in total. The molecule has 1 rings (SSSR count). The van der Waals surface area contributed by atoms with Crippen molar-refractivity contribution in [3.8, 4) is 0 Å². The van der Waals surface area contributed by atoms with Crippen LogP contribution in [0.1, 0.15) is 12.8 Å². The molecule has 0 bridgehead atoms. The molecule has 72 valence electrons. The van der Waals surface area contributed by atoms with Crippen LogP contribution in [0.15, 0.2) is 0 Å². The van der Waals surface area contributed by atoms with Crippen molar-refractivity contribution in [2.24, 2.45) is 0 Å². The highest BCUT2D eigenvalue weighted by Gasteiger charge is 2.25. The molecular formula is C9H20N2O. The largest absolute Gasteiger partial charge is 0.379 e. The highest BCUT2D eigenvalue weighted by molar-refractivity contribution is 4.81. The summed E-state index contributed by atoms with van der Waals surface area (Å²) in [6.45, 7) is 3.73. The number of rotatable bonds is 7. The van der Waals surface area contributed by atoms with Crippen molar-refractivity contribution < 1.29 is 4.74 Å². The number of ether oxygens (including phenoxy) is 1. The van der Waals surface area contributed by atoms with Gasteiger partial charge in [-0.1, -0.05) is 0 Å². The average Bonchev–Trinajstić information content (AvgIpc) is 2.86. The van der Waals surface area contributed by atoms with E-state index in [1.165, 1.54) is 12.8 Å². The Bertz CT molecular complexity index is 115. The van der Waals surface area contributed by atoms with Crippen molar-refractivity contribution >= 4 is 0 Å². The molecule has 0 spiro atoms. The van der Waals surface area contributed by atoms with Gasteiger partial charge < -0.3 is 15.0 Å². The quantitative estimate of drug-likeness (QED) is 0.560. The van der Waals surface area contributed by atoms with Gasteiger partial charge in [0.25, 0.3) is 0 Å². The third-order valence-corrected chi connectivity index (χ3v) is 2.25. The van der Waals surface area contributed by atoms with Gasteiger partial charge >= 0.3 is 0 Å². The first-order valence-electron chi connectivity index (χ1n) is 4.77. The molecule has 0 aliphatic heterocycles. The fraction of sp³-hybridized carbons (Fsp3) is 1.00. The molecule has 0 unspecified atom stereocenters. The smallest absolute Gasteiger partial charge is 0.0594 e. The van der Waals surface area contributed by atoms with E-state index in [0.717, 1.165) is 32.3 Å². The fourth-order valence-corrected chi connectivity index (χ4v) is 1.18. The molecule has 0 heterocycles. The summed E-state index contributed by atoms with van der Waals surface area (Å²) in [7, 11) is 4.12. The van der Waals surface area contributed by atoms with Crippen LogP contribution in [0.5, 0.6) is 0 Å². The Morgan fingerprint density at radius 1 is 1.42 bits per heavy atom. The van der Waals surface area contributed by atoms with E-state index in [-0.39, 0.29) is 0 Å². The summed E-state index contributed by atoms with van der Waals surface area (Å²) in [5.41, 5.74) is 0. The highest BCUT2D eigenvalue weighted by Crippen LogP contribution is 2.24. The lowest BCUT2D eigenvalue weighted by Crippen LogP contribution is -2.26. The van der Waals surface area contributed by atoms with Crippen LogP contribution >= 0.6 is 0 Å². The molecule has 1 saturated carbocycles. The summed E-state index contributed by atoms with van der Waals surface area (Å²) in [6.07, 6.45) is 2.76. The van der Waals surface area contributed by atoms with Gasteiger partial charge in [0.05, 0.1) is 13.2 Å². The van der Waals surface area contributed by atoms with Crippen molar-refractivity contribution in [1.29, 1.82) is 0 Å². The van der Waals surface area contributed by atoms with Crippen molar-refractivity contribution in [3.05, 3.63) is 0 Å². The number of hydrogen-bond donors (Lipinski definition) is 1. The third-order valence-electron chi connectivity index (χ3n) is 2.25. The predicted octanol–water partition coefficient (Wildman–Crippen LogP) is 0.317. The molecule has 12 heavy (non-hydrogen) atoms. The second-order valence-corrected chi connectivity index (χ2v) is 3.43. The molecule has 0 aromatic heterocycles. The predicted molar refractivity (Wildman–Crippen MR) is 50.4 cm³/mol. The third kappa shape index (κ3) is 4.04. The van der Waals surface area contributed by atoms with Gasteiger partial charge in [-0.05, 0) is 26.9 Å². The van der Waals surface area contributed by atoms with Gasteiger partial charge in [-0.15, -0.1) is 0 Å². The summed E-state index contributed by atoms with van der Waals surface area (Å²) < 4.78 is 5.42. The average molecular weight is 172 g/mol. The van der Waals surface area contributed by atoms with E-state index in [2.05, 4.69) is 17.3 Å². The first-order valence-corrected chi connectivity index (χ1v) is 4.77. The van der Waals surface area contributed by atoms with Crippen molar-refractivity contribution in [2.75, 3.05) is 40.4 Å². The van der Waals surface area contributed by atoms with Gasteiger partial charge in [0.2, 0.25) is 0 Å². The Labute approximate surface area is 75.1 Å². The maximum atomic E-state index is 5.42. The molecule has 0 radical (unpaired) electrons. The minimum atomic E-state index is 0.828. The van der Waals surface area contributed by atoms with Gasteiger partial charge in [0.1, 0.15) is 0 Å². The second-order valence-electron chi connectivity index (χ2n) is 3.43. The molecule has 3 heteroatoms. The molecule has 1 fully saturated rings. The molecule has 0 aromatic carbocycles. The van der Waals surface area contributed by atoms with E-state index in [1.807, 2.05) is 7.05 Å². The molecule has 0 aromatic rings. The lowest BCUT2D eigenvalue weighted by Gasteiger charge is -2.15. The van der Waals surface area contributed by atoms with Gasteiger partial charge in [-0.2, -0.15) is 0 Å². The standard InChI is InChI=1S/C9H20N2O/c1-10-5-7-12-8-6-11(2)9-3-4-9/h9-10H,3-8H2,1-2H3. The molecule has 1 aliphatic rings. The number of nitrogens with one attached hydrogen (secondary N) is 1. The molecule has 0 saturated heterocycles. The van der Waals surface area contributed by atoms with Crippen LogP contribution in [0.25, 0.3) is 0 Å². The van der Waals surface area contributed by atoms with Gasteiger partial charge in [-0.25, -0.2) is 0 Å². The van der Waals surface area contributed by atoms with E-state index in [4.69, 9.17) is 4.74 Å². The summed E-state index contributed by atoms with van der Waals surface area (Å²) in [4.78, 5) is 2.39. The lowest BCUT2D eigenvalue weighted by molar-refractivity contribution is 0.112. The molecule has 1 N–H and O–H groups in total. The van der Waals surface area contributed by atoms with Crippen LogP contribution in [-0.2, 0) is 4.74 Å². The zero-order valence-electron chi connectivity index (χ0n) is 8.18.